The zero-order valence-corrected chi connectivity index (χ0v) is 13.5. The molecule has 0 bridgehead atoms. The van der Waals surface area contributed by atoms with Crippen LogP contribution < -0.4 is 5.32 Å². The second kappa shape index (κ2) is 6.30. The molecule has 0 spiro atoms. The van der Waals surface area contributed by atoms with E-state index < -0.39 is 0 Å². The standard InChI is InChI=1S/C13H19BrN6/c1-13(2,3)12-18-9(14)7-11(19-12)15-6-4-5-10-16-8-17-20-10/h7-8H,4-6H2,1-3H3,(H,15,18,19)(H,16,17,20). The second-order valence-corrected chi connectivity index (χ2v) is 6.42. The Labute approximate surface area is 127 Å². The highest BCUT2D eigenvalue weighted by atomic mass is 79.9. The number of H-pyrrole nitrogens is 1. The van der Waals surface area contributed by atoms with Gasteiger partial charge in [-0.25, -0.2) is 15.0 Å². The van der Waals surface area contributed by atoms with Crippen molar-refractivity contribution in [2.45, 2.75) is 39.0 Å². The van der Waals surface area contributed by atoms with Gasteiger partial charge in [0.05, 0.1) is 0 Å². The Morgan fingerprint density at radius 1 is 1.30 bits per heavy atom. The van der Waals surface area contributed by atoms with Gasteiger partial charge >= 0.3 is 0 Å². The van der Waals surface area contributed by atoms with Crippen molar-refractivity contribution in [1.82, 2.24) is 25.1 Å². The molecule has 7 heteroatoms. The molecule has 0 aliphatic heterocycles. The van der Waals surface area contributed by atoms with Crippen molar-refractivity contribution in [1.29, 1.82) is 0 Å². The number of hydrogen-bond acceptors (Lipinski definition) is 5. The van der Waals surface area contributed by atoms with Crippen molar-refractivity contribution in [3.63, 3.8) is 0 Å². The van der Waals surface area contributed by atoms with Crippen LogP contribution in [0.4, 0.5) is 5.82 Å². The summed E-state index contributed by atoms with van der Waals surface area (Å²) in [4.78, 5) is 13.1. The predicted octanol–water partition coefficient (Wildman–Crippen LogP) is 2.70. The molecular weight excluding hydrogens is 320 g/mol. The van der Waals surface area contributed by atoms with E-state index in [1.54, 1.807) is 0 Å². The smallest absolute Gasteiger partial charge is 0.137 e. The molecule has 2 aromatic rings. The summed E-state index contributed by atoms with van der Waals surface area (Å²) in [6, 6.07) is 1.89. The Bertz CT molecular complexity index is 546. The van der Waals surface area contributed by atoms with Gasteiger partial charge in [0.15, 0.2) is 0 Å². The fraction of sp³-hybridized carbons (Fsp3) is 0.538. The molecule has 0 aliphatic rings. The highest BCUT2D eigenvalue weighted by Gasteiger charge is 2.18. The molecule has 0 fully saturated rings. The summed E-state index contributed by atoms with van der Waals surface area (Å²) in [5.74, 6) is 2.57. The summed E-state index contributed by atoms with van der Waals surface area (Å²) in [6.45, 7) is 7.13. The third-order valence-corrected chi connectivity index (χ3v) is 3.13. The van der Waals surface area contributed by atoms with Gasteiger partial charge in [0.1, 0.15) is 28.4 Å². The van der Waals surface area contributed by atoms with Crippen LogP contribution in [0.25, 0.3) is 0 Å². The molecule has 6 nitrogen and oxygen atoms in total. The minimum absolute atomic E-state index is 0.0694. The van der Waals surface area contributed by atoms with E-state index in [4.69, 9.17) is 0 Å². The maximum atomic E-state index is 4.55. The Morgan fingerprint density at radius 3 is 2.75 bits per heavy atom. The summed E-state index contributed by atoms with van der Waals surface area (Å²) >= 11 is 3.43. The Kier molecular flexibility index (Phi) is 4.69. The average molecular weight is 339 g/mol. The topological polar surface area (TPSA) is 79.4 Å². The highest BCUT2D eigenvalue weighted by Crippen LogP contribution is 2.22. The number of halogens is 1. The lowest BCUT2D eigenvalue weighted by Gasteiger charge is -2.17. The normalized spacial score (nSPS) is 11.6. The molecule has 0 radical (unpaired) electrons. The molecule has 0 unspecified atom stereocenters. The third kappa shape index (κ3) is 4.26. The SMILES string of the molecule is CC(C)(C)c1nc(Br)cc(NCCCc2ncn[nH]2)n1. The van der Waals surface area contributed by atoms with Crippen LogP contribution in [0.1, 0.15) is 38.8 Å². The molecule has 0 aliphatic carbocycles. The van der Waals surface area contributed by atoms with Gasteiger partial charge in [-0.05, 0) is 22.4 Å². The second-order valence-electron chi connectivity index (χ2n) is 5.61. The molecule has 0 atom stereocenters. The molecule has 20 heavy (non-hydrogen) atoms. The van der Waals surface area contributed by atoms with Crippen molar-refractivity contribution in [2.75, 3.05) is 11.9 Å². The number of hydrogen-bond donors (Lipinski definition) is 2. The molecule has 0 saturated heterocycles. The fourth-order valence-corrected chi connectivity index (χ4v) is 2.05. The van der Waals surface area contributed by atoms with Crippen LogP contribution in [0.2, 0.25) is 0 Å². The van der Waals surface area contributed by atoms with Gasteiger partial charge in [-0.1, -0.05) is 20.8 Å². The quantitative estimate of drug-likeness (QED) is 0.647. The van der Waals surface area contributed by atoms with Crippen LogP contribution in [0.15, 0.2) is 17.0 Å². The summed E-state index contributed by atoms with van der Waals surface area (Å²) < 4.78 is 0.801. The predicted molar refractivity (Wildman–Crippen MR) is 81.6 cm³/mol. The number of aromatic amines is 1. The van der Waals surface area contributed by atoms with Crippen LogP contribution in [0.5, 0.6) is 0 Å². The highest BCUT2D eigenvalue weighted by molar-refractivity contribution is 9.10. The van der Waals surface area contributed by atoms with E-state index in [2.05, 4.69) is 67.2 Å². The van der Waals surface area contributed by atoms with Crippen molar-refractivity contribution >= 4 is 21.7 Å². The van der Waals surface area contributed by atoms with Gasteiger partial charge in [-0.3, -0.25) is 5.10 Å². The van der Waals surface area contributed by atoms with Gasteiger partial charge in [0.25, 0.3) is 0 Å². The largest absolute Gasteiger partial charge is 0.370 e. The number of rotatable bonds is 5. The minimum atomic E-state index is -0.0694. The molecule has 0 amide bonds. The van der Waals surface area contributed by atoms with Crippen molar-refractivity contribution < 1.29 is 0 Å². The molecule has 0 aromatic carbocycles. The summed E-state index contributed by atoms with van der Waals surface area (Å²) in [5, 5.41) is 10.00. The molecule has 108 valence electrons. The van der Waals surface area contributed by atoms with Gasteiger partial charge in [0.2, 0.25) is 0 Å². The van der Waals surface area contributed by atoms with E-state index in [9.17, 15) is 0 Å². The van der Waals surface area contributed by atoms with Crippen LogP contribution >= 0.6 is 15.9 Å². The van der Waals surface area contributed by atoms with Crippen LogP contribution in [0.3, 0.4) is 0 Å². The van der Waals surface area contributed by atoms with E-state index in [0.29, 0.717) is 0 Å². The van der Waals surface area contributed by atoms with Crippen LogP contribution in [-0.2, 0) is 11.8 Å². The van der Waals surface area contributed by atoms with E-state index in [-0.39, 0.29) is 5.41 Å². The zero-order chi connectivity index (χ0) is 14.6. The van der Waals surface area contributed by atoms with Crippen LogP contribution in [0, 0.1) is 0 Å². The number of aryl methyl sites for hydroxylation is 1. The monoisotopic (exact) mass is 338 g/mol. The Balaban J connectivity index is 1.91. The molecular formula is C13H19BrN6. The lowest BCUT2D eigenvalue weighted by Crippen LogP contribution is -2.17. The van der Waals surface area contributed by atoms with Gasteiger partial charge in [0, 0.05) is 24.4 Å². The molecule has 2 N–H and O–H groups in total. The van der Waals surface area contributed by atoms with Gasteiger partial charge in [-0.2, -0.15) is 5.10 Å². The van der Waals surface area contributed by atoms with Crippen molar-refractivity contribution in [2.24, 2.45) is 0 Å². The average Bonchev–Trinajstić information content (AvgIpc) is 2.86. The Morgan fingerprint density at radius 2 is 2.10 bits per heavy atom. The number of aromatic nitrogens is 5. The molecule has 0 saturated carbocycles. The summed E-state index contributed by atoms with van der Waals surface area (Å²) in [6.07, 6.45) is 3.35. The van der Waals surface area contributed by atoms with Gasteiger partial charge < -0.3 is 5.32 Å². The Hall–Kier alpha value is -1.50. The maximum absolute atomic E-state index is 4.55. The lowest BCUT2D eigenvalue weighted by atomic mass is 9.96. The lowest BCUT2D eigenvalue weighted by molar-refractivity contribution is 0.544. The molecule has 2 rings (SSSR count). The first-order valence-corrected chi connectivity index (χ1v) is 7.37. The van der Waals surface area contributed by atoms with E-state index in [0.717, 1.165) is 41.5 Å². The third-order valence-electron chi connectivity index (χ3n) is 2.73. The first-order valence-electron chi connectivity index (χ1n) is 6.58. The van der Waals surface area contributed by atoms with E-state index in [1.807, 2.05) is 6.07 Å². The first-order chi connectivity index (χ1) is 9.45. The molecule has 2 aromatic heterocycles. The number of nitrogens with zero attached hydrogens (tertiary/aromatic N) is 4. The summed E-state index contributed by atoms with van der Waals surface area (Å²) in [5.41, 5.74) is -0.0694. The minimum Gasteiger partial charge on any atom is -0.370 e. The maximum Gasteiger partial charge on any atom is 0.137 e. The van der Waals surface area contributed by atoms with Crippen LogP contribution in [-0.4, -0.2) is 31.7 Å². The van der Waals surface area contributed by atoms with Crippen molar-refractivity contribution in [3.8, 4) is 0 Å². The first kappa shape index (κ1) is 14.9. The van der Waals surface area contributed by atoms with E-state index in [1.165, 1.54) is 6.33 Å². The fourth-order valence-electron chi connectivity index (χ4n) is 1.67. The van der Waals surface area contributed by atoms with Gasteiger partial charge in [-0.15, -0.1) is 0 Å². The zero-order valence-electron chi connectivity index (χ0n) is 11.9. The summed E-state index contributed by atoms with van der Waals surface area (Å²) in [7, 11) is 0. The number of anilines is 1. The number of nitrogens with one attached hydrogen (secondary N) is 2. The van der Waals surface area contributed by atoms with E-state index >= 15 is 0 Å². The molecule has 2 heterocycles. The van der Waals surface area contributed by atoms with Crippen molar-refractivity contribution in [3.05, 3.63) is 28.6 Å².